The molecule has 4 bridgehead atoms. The Balaban J connectivity index is 1.54. The molecule has 2 unspecified atom stereocenters. The fourth-order valence-corrected chi connectivity index (χ4v) is 6.39. The maximum absolute atomic E-state index is 3.60. The van der Waals surface area contributed by atoms with E-state index in [4.69, 9.17) is 0 Å². The van der Waals surface area contributed by atoms with Crippen LogP contribution in [0.3, 0.4) is 0 Å². The SMILES string of the molecule is CC1CN(C(C)C23CC4CC(CC(C4)C2)C3)CCN1. The summed E-state index contributed by atoms with van der Waals surface area (Å²) in [5, 5.41) is 3.60. The lowest BCUT2D eigenvalue weighted by Gasteiger charge is -2.61. The van der Waals surface area contributed by atoms with E-state index in [0.29, 0.717) is 11.5 Å². The molecule has 5 rings (SSSR count). The average molecular weight is 262 g/mol. The topological polar surface area (TPSA) is 15.3 Å². The fourth-order valence-electron chi connectivity index (χ4n) is 6.39. The van der Waals surface area contributed by atoms with Crippen LogP contribution in [0, 0.1) is 23.2 Å². The molecular formula is C17H30N2. The van der Waals surface area contributed by atoms with Gasteiger partial charge >= 0.3 is 0 Å². The molecular weight excluding hydrogens is 232 g/mol. The molecule has 0 spiro atoms. The Morgan fingerprint density at radius 1 is 1.05 bits per heavy atom. The Morgan fingerprint density at radius 3 is 2.16 bits per heavy atom. The van der Waals surface area contributed by atoms with Crippen molar-refractivity contribution >= 4 is 0 Å². The first-order valence-corrected chi connectivity index (χ1v) is 8.62. The van der Waals surface area contributed by atoms with Gasteiger partial charge in [-0.25, -0.2) is 0 Å². The third kappa shape index (κ3) is 2.06. The Morgan fingerprint density at radius 2 is 1.63 bits per heavy atom. The smallest absolute Gasteiger partial charge is 0.0167 e. The summed E-state index contributed by atoms with van der Waals surface area (Å²) in [7, 11) is 0. The number of nitrogens with zero attached hydrogens (tertiary/aromatic N) is 1. The van der Waals surface area contributed by atoms with Crippen molar-refractivity contribution in [1.29, 1.82) is 0 Å². The molecule has 1 heterocycles. The molecule has 1 saturated heterocycles. The lowest BCUT2D eigenvalue weighted by atomic mass is 9.47. The quantitative estimate of drug-likeness (QED) is 0.823. The number of rotatable bonds is 2. The Bertz CT molecular complexity index is 316. The number of nitrogens with one attached hydrogen (secondary N) is 1. The van der Waals surface area contributed by atoms with Crippen molar-refractivity contribution in [1.82, 2.24) is 10.2 Å². The first kappa shape index (κ1) is 12.6. The van der Waals surface area contributed by atoms with Crippen LogP contribution >= 0.6 is 0 Å². The van der Waals surface area contributed by atoms with E-state index in [-0.39, 0.29) is 0 Å². The summed E-state index contributed by atoms with van der Waals surface area (Å²) in [6, 6.07) is 1.51. The van der Waals surface area contributed by atoms with E-state index in [2.05, 4.69) is 24.1 Å². The molecule has 0 aromatic heterocycles. The molecule has 4 aliphatic carbocycles. The van der Waals surface area contributed by atoms with Crippen LogP contribution in [0.1, 0.15) is 52.4 Å². The molecule has 5 aliphatic rings. The van der Waals surface area contributed by atoms with Crippen molar-refractivity contribution in [3.8, 4) is 0 Å². The van der Waals surface area contributed by atoms with Crippen molar-refractivity contribution in [2.45, 2.75) is 64.5 Å². The predicted octanol–water partition coefficient (Wildman–Crippen LogP) is 2.89. The second-order valence-electron chi connectivity index (χ2n) is 8.31. The number of hydrogen-bond donors (Lipinski definition) is 1. The van der Waals surface area contributed by atoms with E-state index in [1.807, 2.05) is 0 Å². The molecule has 0 amide bonds. The molecule has 0 aromatic carbocycles. The number of piperazine rings is 1. The molecule has 2 heteroatoms. The van der Waals surface area contributed by atoms with E-state index < -0.39 is 0 Å². The summed E-state index contributed by atoms with van der Waals surface area (Å²) in [6.07, 6.45) is 9.38. The minimum atomic E-state index is 0.685. The third-order valence-corrected chi connectivity index (χ3v) is 6.92. The van der Waals surface area contributed by atoms with Gasteiger partial charge in [-0.15, -0.1) is 0 Å². The van der Waals surface area contributed by atoms with E-state index in [0.717, 1.165) is 23.8 Å². The maximum atomic E-state index is 3.60. The van der Waals surface area contributed by atoms with Gasteiger partial charge in [0.25, 0.3) is 0 Å². The highest BCUT2D eigenvalue weighted by Crippen LogP contribution is 2.61. The van der Waals surface area contributed by atoms with Gasteiger partial charge in [-0.3, -0.25) is 4.90 Å². The maximum Gasteiger partial charge on any atom is 0.0167 e. The fraction of sp³-hybridized carbons (Fsp3) is 1.00. The van der Waals surface area contributed by atoms with Gasteiger partial charge in [0.05, 0.1) is 0 Å². The molecule has 2 nitrogen and oxygen atoms in total. The summed E-state index contributed by atoms with van der Waals surface area (Å²) >= 11 is 0. The van der Waals surface area contributed by atoms with Crippen LogP contribution < -0.4 is 5.32 Å². The lowest BCUT2D eigenvalue weighted by Crippen LogP contribution is -2.60. The minimum Gasteiger partial charge on any atom is -0.312 e. The molecule has 19 heavy (non-hydrogen) atoms. The Labute approximate surface area is 118 Å². The molecule has 2 atom stereocenters. The molecule has 0 aromatic rings. The van der Waals surface area contributed by atoms with Gasteiger partial charge in [0.15, 0.2) is 0 Å². The summed E-state index contributed by atoms with van der Waals surface area (Å²) in [5.74, 6) is 3.28. The van der Waals surface area contributed by atoms with E-state index in [9.17, 15) is 0 Å². The second kappa shape index (κ2) is 4.46. The molecule has 5 fully saturated rings. The van der Waals surface area contributed by atoms with Crippen LogP contribution in [0.5, 0.6) is 0 Å². The zero-order valence-electron chi connectivity index (χ0n) is 12.7. The summed E-state index contributed by atoms with van der Waals surface area (Å²) in [5.41, 5.74) is 0.700. The highest BCUT2D eigenvalue weighted by Gasteiger charge is 2.54. The lowest BCUT2D eigenvalue weighted by molar-refractivity contribution is -0.0997. The molecule has 1 N–H and O–H groups in total. The van der Waals surface area contributed by atoms with Crippen molar-refractivity contribution in [3.05, 3.63) is 0 Å². The van der Waals surface area contributed by atoms with Crippen molar-refractivity contribution in [2.75, 3.05) is 19.6 Å². The van der Waals surface area contributed by atoms with Crippen LogP contribution in [0.15, 0.2) is 0 Å². The zero-order chi connectivity index (χ0) is 13.0. The van der Waals surface area contributed by atoms with E-state index in [1.54, 1.807) is 38.5 Å². The van der Waals surface area contributed by atoms with Crippen molar-refractivity contribution in [3.63, 3.8) is 0 Å². The summed E-state index contributed by atoms with van der Waals surface area (Å²) < 4.78 is 0. The van der Waals surface area contributed by atoms with Crippen LogP contribution in [0.4, 0.5) is 0 Å². The van der Waals surface area contributed by atoms with Gasteiger partial charge in [0.2, 0.25) is 0 Å². The third-order valence-electron chi connectivity index (χ3n) is 6.92. The van der Waals surface area contributed by atoms with Crippen LogP contribution in [-0.2, 0) is 0 Å². The standard InChI is InChI=1S/C17H30N2/c1-12-11-19(4-3-18-12)13(2)17-8-14-5-15(9-17)7-16(6-14)10-17/h12-16,18H,3-11H2,1-2H3. The Hall–Kier alpha value is -0.0800. The first-order chi connectivity index (χ1) is 9.14. The summed E-state index contributed by atoms with van der Waals surface area (Å²) in [6.45, 7) is 8.64. The van der Waals surface area contributed by atoms with Gasteiger partial charge in [0.1, 0.15) is 0 Å². The van der Waals surface area contributed by atoms with E-state index in [1.165, 1.54) is 19.6 Å². The van der Waals surface area contributed by atoms with Crippen LogP contribution in [-0.4, -0.2) is 36.6 Å². The normalized spacial score (nSPS) is 51.5. The van der Waals surface area contributed by atoms with Crippen molar-refractivity contribution < 1.29 is 0 Å². The first-order valence-electron chi connectivity index (χ1n) is 8.62. The molecule has 108 valence electrons. The van der Waals surface area contributed by atoms with Gasteiger partial charge in [-0.05, 0) is 75.5 Å². The van der Waals surface area contributed by atoms with Gasteiger partial charge in [-0.2, -0.15) is 0 Å². The van der Waals surface area contributed by atoms with E-state index >= 15 is 0 Å². The highest BCUT2D eigenvalue weighted by atomic mass is 15.2. The van der Waals surface area contributed by atoms with Crippen LogP contribution in [0.25, 0.3) is 0 Å². The zero-order valence-corrected chi connectivity index (χ0v) is 12.7. The molecule has 0 radical (unpaired) electrons. The van der Waals surface area contributed by atoms with Gasteiger partial charge < -0.3 is 5.32 Å². The largest absolute Gasteiger partial charge is 0.312 e. The predicted molar refractivity (Wildman–Crippen MR) is 79.1 cm³/mol. The number of hydrogen-bond acceptors (Lipinski definition) is 2. The monoisotopic (exact) mass is 262 g/mol. The van der Waals surface area contributed by atoms with Gasteiger partial charge in [-0.1, -0.05) is 0 Å². The average Bonchev–Trinajstić information content (AvgIpc) is 2.36. The summed E-state index contributed by atoms with van der Waals surface area (Å²) in [4.78, 5) is 2.81. The van der Waals surface area contributed by atoms with Gasteiger partial charge in [0, 0.05) is 31.7 Å². The molecule has 1 aliphatic heterocycles. The highest BCUT2D eigenvalue weighted by molar-refractivity contribution is 5.06. The second-order valence-corrected chi connectivity index (χ2v) is 8.31. The molecule has 4 saturated carbocycles. The minimum absolute atomic E-state index is 0.685. The Kier molecular flexibility index (Phi) is 2.97. The van der Waals surface area contributed by atoms with Crippen LogP contribution in [0.2, 0.25) is 0 Å². The van der Waals surface area contributed by atoms with Crippen molar-refractivity contribution in [2.24, 2.45) is 23.2 Å².